The monoisotopic (exact) mass is 361 g/mol. The summed E-state index contributed by atoms with van der Waals surface area (Å²) in [6.07, 6.45) is -0.615. The number of ether oxygens (including phenoxy) is 2. The molecule has 0 radical (unpaired) electrons. The van der Waals surface area contributed by atoms with Crippen molar-refractivity contribution in [2.24, 2.45) is 0 Å². The van der Waals surface area contributed by atoms with Gasteiger partial charge in [-0.15, -0.1) is 0 Å². The minimum atomic E-state index is -3.76. The lowest BCUT2D eigenvalue weighted by Gasteiger charge is -2.35. The van der Waals surface area contributed by atoms with Crippen molar-refractivity contribution in [2.75, 3.05) is 17.5 Å². The van der Waals surface area contributed by atoms with Crippen molar-refractivity contribution in [1.29, 1.82) is 0 Å². The minimum Gasteiger partial charge on any atom is -0.486 e. The Balaban J connectivity index is 1.96. The Morgan fingerprint density at radius 1 is 1.16 bits per heavy atom. The summed E-state index contributed by atoms with van der Waals surface area (Å²) in [6.45, 7) is 2.04. The molecule has 0 spiro atoms. The highest BCUT2D eigenvalue weighted by atomic mass is 32.2. The molecule has 0 saturated carbocycles. The van der Waals surface area contributed by atoms with Crippen LogP contribution in [0.15, 0.2) is 59.5 Å². The number of sulfonamides is 1. The molecule has 6 nitrogen and oxygen atoms in total. The molecule has 2 aromatic carbocycles. The van der Waals surface area contributed by atoms with Crippen LogP contribution in [0, 0.1) is 0 Å². The van der Waals surface area contributed by atoms with Crippen LogP contribution in [0.3, 0.4) is 0 Å². The summed E-state index contributed by atoms with van der Waals surface area (Å²) in [5, 5.41) is 0. The summed E-state index contributed by atoms with van der Waals surface area (Å²) in [7, 11) is -3.76. The van der Waals surface area contributed by atoms with E-state index >= 15 is 0 Å². The average Bonchev–Trinajstić information content (AvgIpc) is 2.62. The molecular formula is C18H19NO5S. The fraction of sp³-hybridized carbons (Fsp3) is 0.278. The van der Waals surface area contributed by atoms with Gasteiger partial charge in [-0.25, -0.2) is 8.42 Å². The molecule has 0 aliphatic carbocycles. The van der Waals surface area contributed by atoms with E-state index in [1.165, 1.54) is 4.31 Å². The number of esters is 1. The van der Waals surface area contributed by atoms with Crippen LogP contribution in [-0.2, 0) is 19.6 Å². The predicted molar refractivity (Wildman–Crippen MR) is 93.1 cm³/mol. The number of rotatable bonds is 5. The van der Waals surface area contributed by atoms with Crippen LogP contribution in [0.2, 0.25) is 0 Å². The van der Waals surface area contributed by atoms with Crippen molar-refractivity contribution >= 4 is 21.7 Å². The zero-order chi connectivity index (χ0) is 17.9. The number of nitrogens with zero attached hydrogens (tertiary/aromatic N) is 1. The van der Waals surface area contributed by atoms with Crippen LogP contribution in [-0.4, -0.2) is 33.6 Å². The summed E-state index contributed by atoms with van der Waals surface area (Å²) in [5.74, 6) is 0.0199. The largest absolute Gasteiger partial charge is 0.486 e. The maximum absolute atomic E-state index is 13.1. The van der Waals surface area contributed by atoms with Crippen LogP contribution >= 0.6 is 0 Å². The van der Waals surface area contributed by atoms with E-state index in [2.05, 4.69) is 0 Å². The summed E-state index contributed by atoms with van der Waals surface area (Å²) in [4.78, 5) is 12.0. The van der Waals surface area contributed by atoms with E-state index in [0.717, 1.165) is 0 Å². The van der Waals surface area contributed by atoms with Gasteiger partial charge in [-0.3, -0.25) is 9.10 Å². The molecule has 1 unspecified atom stereocenters. The van der Waals surface area contributed by atoms with Gasteiger partial charge in [-0.2, -0.15) is 0 Å². The predicted octanol–water partition coefficient (Wildman–Crippen LogP) is 2.60. The molecular weight excluding hydrogens is 342 g/mol. The van der Waals surface area contributed by atoms with Gasteiger partial charge in [0.2, 0.25) is 0 Å². The van der Waals surface area contributed by atoms with E-state index in [9.17, 15) is 13.2 Å². The maximum Gasteiger partial charge on any atom is 0.309 e. The number of carbonyl (C=O) groups excluding carboxylic acids is 1. The minimum absolute atomic E-state index is 0.0109. The lowest BCUT2D eigenvalue weighted by atomic mass is 10.2. The Morgan fingerprint density at radius 2 is 1.84 bits per heavy atom. The summed E-state index contributed by atoms with van der Waals surface area (Å²) >= 11 is 0. The Bertz CT molecular complexity index is 851. The van der Waals surface area contributed by atoms with Crippen molar-refractivity contribution in [1.82, 2.24) is 0 Å². The first kappa shape index (κ1) is 17.3. The van der Waals surface area contributed by atoms with Crippen molar-refractivity contribution in [3.8, 4) is 5.75 Å². The van der Waals surface area contributed by atoms with Crippen LogP contribution in [0.25, 0.3) is 0 Å². The van der Waals surface area contributed by atoms with E-state index in [1.54, 1.807) is 61.5 Å². The molecule has 0 bridgehead atoms. The average molecular weight is 361 g/mol. The number of carbonyl (C=O) groups is 1. The standard InChI is InChI=1S/C18H19NO5S/c1-2-23-18(20)12-14-13-19(16-10-6-7-11-17(16)24-14)25(21,22)15-8-4-3-5-9-15/h3-11,14H,2,12-13H2,1H3. The molecule has 132 valence electrons. The van der Waals surface area contributed by atoms with Gasteiger partial charge in [0.25, 0.3) is 10.0 Å². The molecule has 7 heteroatoms. The molecule has 0 amide bonds. The third-order valence-electron chi connectivity index (χ3n) is 3.83. The van der Waals surface area contributed by atoms with E-state index in [1.807, 2.05) is 0 Å². The summed E-state index contributed by atoms with van der Waals surface area (Å²) < 4.78 is 38.2. The van der Waals surface area contributed by atoms with Gasteiger partial charge in [0.15, 0.2) is 0 Å². The van der Waals surface area contributed by atoms with Crippen LogP contribution in [0.4, 0.5) is 5.69 Å². The number of hydrogen-bond acceptors (Lipinski definition) is 5. The van der Waals surface area contributed by atoms with Crippen molar-refractivity contribution in [2.45, 2.75) is 24.3 Å². The SMILES string of the molecule is CCOC(=O)CC1CN(S(=O)(=O)c2ccccc2)c2ccccc2O1. The highest BCUT2D eigenvalue weighted by Crippen LogP contribution is 2.37. The van der Waals surface area contributed by atoms with E-state index < -0.39 is 22.1 Å². The number of para-hydroxylation sites is 2. The summed E-state index contributed by atoms with van der Waals surface area (Å²) in [5.41, 5.74) is 0.464. The lowest BCUT2D eigenvalue weighted by molar-refractivity contribution is -0.144. The third kappa shape index (κ3) is 3.61. The highest BCUT2D eigenvalue weighted by molar-refractivity contribution is 7.92. The second kappa shape index (κ2) is 7.14. The Labute approximate surface area is 147 Å². The van der Waals surface area contributed by atoms with Crippen LogP contribution in [0.5, 0.6) is 5.75 Å². The van der Waals surface area contributed by atoms with Crippen molar-refractivity contribution in [3.05, 3.63) is 54.6 Å². The van der Waals surface area contributed by atoms with E-state index in [4.69, 9.17) is 9.47 Å². The molecule has 0 N–H and O–H groups in total. The zero-order valence-corrected chi connectivity index (χ0v) is 14.6. The van der Waals surface area contributed by atoms with Gasteiger partial charge < -0.3 is 9.47 Å². The van der Waals surface area contributed by atoms with Gasteiger partial charge >= 0.3 is 5.97 Å². The first-order chi connectivity index (χ1) is 12.0. The van der Waals surface area contributed by atoms with Gasteiger partial charge in [0.05, 0.1) is 30.2 Å². The maximum atomic E-state index is 13.1. The smallest absolute Gasteiger partial charge is 0.309 e. The molecule has 1 aliphatic rings. The van der Waals surface area contributed by atoms with Crippen LogP contribution < -0.4 is 9.04 Å². The third-order valence-corrected chi connectivity index (χ3v) is 5.62. The molecule has 1 aliphatic heterocycles. The molecule has 25 heavy (non-hydrogen) atoms. The van der Waals surface area contributed by atoms with Crippen molar-refractivity contribution in [3.63, 3.8) is 0 Å². The van der Waals surface area contributed by atoms with Gasteiger partial charge in [-0.05, 0) is 31.2 Å². The molecule has 0 aromatic heterocycles. The fourth-order valence-corrected chi connectivity index (χ4v) is 4.25. The number of benzene rings is 2. The van der Waals surface area contributed by atoms with Gasteiger partial charge in [0.1, 0.15) is 11.9 Å². The molecule has 0 fully saturated rings. The van der Waals surface area contributed by atoms with Gasteiger partial charge in [0, 0.05) is 0 Å². The van der Waals surface area contributed by atoms with Crippen LogP contribution in [0.1, 0.15) is 13.3 Å². The van der Waals surface area contributed by atoms with E-state index in [0.29, 0.717) is 11.4 Å². The van der Waals surface area contributed by atoms with E-state index in [-0.39, 0.29) is 24.5 Å². The topological polar surface area (TPSA) is 72.9 Å². The Morgan fingerprint density at radius 3 is 2.56 bits per heavy atom. The highest BCUT2D eigenvalue weighted by Gasteiger charge is 2.35. The first-order valence-corrected chi connectivity index (χ1v) is 9.45. The molecule has 1 heterocycles. The van der Waals surface area contributed by atoms with Gasteiger partial charge in [-0.1, -0.05) is 30.3 Å². The fourth-order valence-electron chi connectivity index (χ4n) is 2.72. The number of fused-ring (bicyclic) bond motifs is 1. The molecule has 3 rings (SSSR count). The second-order valence-electron chi connectivity index (χ2n) is 5.57. The Hall–Kier alpha value is -2.54. The molecule has 0 saturated heterocycles. The van der Waals surface area contributed by atoms with Crippen molar-refractivity contribution < 1.29 is 22.7 Å². The number of anilines is 1. The molecule has 1 atom stereocenters. The Kier molecular flexibility index (Phi) is 4.94. The summed E-state index contributed by atoms with van der Waals surface area (Å²) in [6, 6.07) is 15.1. The molecule has 2 aromatic rings. The lowest BCUT2D eigenvalue weighted by Crippen LogP contribution is -2.44. The first-order valence-electron chi connectivity index (χ1n) is 8.01. The number of hydrogen-bond donors (Lipinski definition) is 0. The quantitative estimate of drug-likeness (QED) is 0.766. The zero-order valence-electron chi connectivity index (χ0n) is 13.8. The normalized spacial score (nSPS) is 16.7. The second-order valence-corrected chi connectivity index (χ2v) is 7.43.